The van der Waals surface area contributed by atoms with Crippen LogP contribution in [-0.2, 0) is 0 Å². The predicted molar refractivity (Wildman–Crippen MR) is 73.0 cm³/mol. The van der Waals surface area contributed by atoms with E-state index in [1.54, 1.807) is 0 Å². The number of hydrogen-bond donors (Lipinski definition) is 1. The lowest BCUT2D eigenvalue weighted by Gasteiger charge is -2.32. The molecule has 1 aliphatic carbocycles. The molecule has 1 unspecified atom stereocenters. The molecule has 2 heteroatoms. The summed E-state index contributed by atoms with van der Waals surface area (Å²) in [5, 5.41) is 0. The maximum atomic E-state index is 5.98. The van der Waals surface area contributed by atoms with Crippen molar-refractivity contribution < 1.29 is 0 Å². The van der Waals surface area contributed by atoms with Gasteiger partial charge in [0.2, 0.25) is 0 Å². The average molecular weight is 232 g/mol. The largest absolute Gasteiger partial charge is 0.329 e. The van der Waals surface area contributed by atoms with Crippen molar-refractivity contribution in [3.63, 3.8) is 0 Å². The number of likely N-dealkylation sites (N-methyl/N-ethyl adjacent to an activating group) is 1. The molecule has 0 amide bonds. The Labute approximate surface area is 105 Å². The third-order valence-corrected chi connectivity index (χ3v) is 4.04. The summed E-state index contributed by atoms with van der Waals surface area (Å²) in [6.45, 7) is 2.85. The zero-order valence-corrected chi connectivity index (χ0v) is 11.0. The van der Waals surface area contributed by atoms with E-state index in [9.17, 15) is 0 Å². The minimum atomic E-state index is 0.373. The summed E-state index contributed by atoms with van der Waals surface area (Å²) in [7, 11) is 2.23. The molecular weight excluding hydrogens is 208 g/mol. The Balaban J connectivity index is 2.14. The van der Waals surface area contributed by atoms with Crippen molar-refractivity contribution in [1.82, 2.24) is 4.90 Å². The second-order valence-corrected chi connectivity index (χ2v) is 5.27. The summed E-state index contributed by atoms with van der Waals surface area (Å²) in [4.78, 5) is 2.49. The van der Waals surface area contributed by atoms with Crippen LogP contribution < -0.4 is 5.73 Å². The molecular formula is C15H24N2. The maximum Gasteiger partial charge on any atom is 0.0470 e. The van der Waals surface area contributed by atoms with Crippen LogP contribution in [0.1, 0.15) is 42.9 Å². The molecule has 1 aromatic rings. The van der Waals surface area contributed by atoms with Crippen LogP contribution in [0.15, 0.2) is 24.3 Å². The average Bonchev–Trinajstić information content (AvgIpc) is 2.83. The first-order valence-corrected chi connectivity index (χ1v) is 6.71. The molecule has 0 heterocycles. The predicted octanol–water partition coefficient (Wildman–Crippen LogP) is 2.87. The van der Waals surface area contributed by atoms with E-state index in [0.29, 0.717) is 12.6 Å². The Morgan fingerprint density at radius 1 is 1.35 bits per heavy atom. The van der Waals surface area contributed by atoms with Gasteiger partial charge in [0.05, 0.1) is 0 Å². The van der Waals surface area contributed by atoms with Gasteiger partial charge in [-0.3, -0.25) is 4.90 Å². The molecule has 0 spiro atoms. The zero-order chi connectivity index (χ0) is 12.3. The molecule has 17 heavy (non-hydrogen) atoms. The Morgan fingerprint density at radius 2 is 2.06 bits per heavy atom. The molecule has 1 atom stereocenters. The highest BCUT2D eigenvalue weighted by Crippen LogP contribution is 2.29. The molecule has 2 nitrogen and oxygen atoms in total. The fourth-order valence-corrected chi connectivity index (χ4v) is 2.98. The Kier molecular flexibility index (Phi) is 4.19. The standard InChI is InChI=1S/C15H24N2/c1-12-6-5-7-13(10-12)15(11-16)17(2)14-8-3-4-9-14/h5-7,10,14-15H,3-4,8-9,11,16H2,1-2H3. The molecule has 1 aromatic carbocycles. The van der Waals surface area contributed by atoms with Crippen molar-refractivity contribution in [3.8, 4) is 0 Å². The van der Waals surface area contributed by atoms with E-state index in [1.807, 2.05) is 0 Å². The van der Waals surface area contributed by atoms with E-state index < -0.39 is 0 Å². The maximum absolute atomic E-state index is 5.98. The van der Waals surface area contributed by atoms with Crippen LogP contribution in [0, 0.1) is 6.92 Å². The molecule has 2 N–H and O–H groups in total. The molecule has 0 radical (unpaired) electrons. The van der Waals surface area contributed by atoms with Crippen molar-refractivity contribution >= 4 is 0 Å². The molecule has 0 bridgehead atoms. The van der Waals surface area contributed by atoms with E-state index in [1.165, 1.54) is 36.8 Å². The number of aryl methyl sites for hydroxylation is 1. The topological polar surface area (TPSA) is 29.3 Å². The number of hydrogen-bond acceptors (Lipinski definition) is 2. The SMILES string of the molecule is Cc1cccc(C(CN)N(C)C2CCCC2)c1. The van der Waals surface area contributed by atoms with Gasteiger partial charge in [-0.15, -0.1) is 0 Å². The number of benzene rings is 1. The molecule has 0 aliphatic heterocycles. The van der Waals surface area contributed by atoms with Crippen LogP contribution in [-0.4, -0.2) is 24.5 Å². The van der Waals surface area contributed by atoms with Crippen molar-refractivity contribution in [2.45, 2.75) is 44.7 Å². The van der Waals surface area contributed by atoms with Gasteiger partial charge < -0.3 is 5.73 Å². The van der Waals surface area contributed by atoms with Crippen molar-refractivity contribution in [2.24, 2.45) is 5.73 Å². The second kappa shape index (κ2) is 5.65. The van der Waals surface area contributed by atoms with Crippen molar-refractivity contribution in [1.29, 1.82) is 0 Å². The van der Waals surface area contributed by atoms with Crippen LogP contribution in [0.2, 0.25) is 0 Å². The van der Waals surface area contributed by atoms with Gasteiger partial charge in [-0.25, -0.2) is 0 Å². The summed E-state index contributed by atoms with van der Waals surface area (Å²) in [5.41, 5.74) is 8.66. The monoisotopic (exact) mass is 232 g/mol. The van der Waals surface area contributed by atoms with Crippen LogP contribution >= 0.6 is 0 Å². The first kappa shape index (κ1) is 12.6. The minimum Gasteiger partial charge on any atom is -0.329 e. The first-order chi connectivity index (χ1) is 8.22. The fourth-order valence-electron chi connectivity index (χ4n) is 2.98. The van der Waals surface area contributed by atoms with Gasteiger partial charge in [0.25, 0.3) is 0 Å². The minimum absolute atomic E-state index is 0.373. The lowest BCUT2D eigenvalue weighted by molar-refractivity contribution is 0.179. The molecule has 1 fully saturated rings. The zero-order valence-electron chi connectivity index (χ0n) is 11.0. The second-order valence-electron chi connectivity index (χ2n) is 5.27. The summed E-state index contributed by atoms with van der Waals surface area (Å²) >= 11 is 0. The van der Waals surface area contributed by atoms with Crippen LogP contribution in [0.5, 0.6) is 0 Å². The van der Waals surface area contributed by atoms with E-state index in [0.717, 1.165) is 6.04 Å². The molecule has 1 aliphatic rings. The van der Waals surface area contributed by atoms with Gasteiger partial charge in [0, 0.05) is 18.6 Å². The smallest absolute Gasteiger partial charge is 0.0470 e. The highest BCUT2D eigenvalue weighted by Gasteiger charge is 2.25. The van der Waals surface area contributed by atoms with Crippen LogP contribution in [0.4, 0.5) is 0 Å². The quantitative estimate of drug-likeness (QED) is 0.865. The summed E-state index contributed by atoms with van der Waals surface area (Å²) in [6, 6.07) is 9.85. The Morgan fingerprint density at radius 3 is 2.65 bits per heavy atom. The number of rotatable bonds is 4. The van der Waals surface area contributed by atoms with Crippen molar-refractivity contribution in [2.75, 3.05) is 13.6 Å². The molecule has 94 valence electrons. The Bertz CT molecular complexity index is 356. The van der Waals surface area contributed by atoms with Crippen LogP contribution in [0.25, 0.3) is 0 Å². The normalized spacial score (nSPS) is 18.8. The van der Waals surface area contributed by atoms with Gasteiger partial charge in [-0.2, -0.15) is 0 Å². The lowest BCUT2D eigenvalue weighted by atomic mass is 10.0. The molecule has 2 rings (SSSR count). The molecule has 0 aromatic heterocycles. The van der Waals surface area contributed by atoms with E-state index >= 15 is 0 Å². The summed E-state index contributed by atoms with van der Waals surface area (Å²) < 4.78 is 0. The highest BCUT2D eigenvalue weighted by molar-refractivity contribution is 5.25. The molecule has 0 saturated heterocycles. The third kappa shape index (κ3) is 2.88. The van der Waals surface area contributed by atoms with E-state index in [2.05, 4.69) is 43.1 Å². The highest BCUT2D eigenvalue weighted by atomic mass is 15.2. The van der Waals surface area contributed by atoms with Crippen molar-refractivity contribution in [3.05, 3.63) is 35.4 Å². The summed E-state index contributed by atoms with van der Waals surface area (Å²) in [6.07, 6.45) is 5.41. The van der Waals surface area contributed by atoms with Gasteiger partial charge in [0.15, 0.2) is 0 Å². The third-order valence-electron chi connectivity index (χ3n) is 4.04. The summed E-state index contributed by atoms with van der Waals surface area (Å²) in [5.74, 6) is 0. The molecule has 1 saturated carbocycles. The number of nitrogens with zero attached hydrogens (tertiary/aromatic N) is 1. The van der Waals surface area contributed by atoms with Gasteiger partial charge in [-0.05, 0) is 32.4 Å². The van der Waals surface area contributed by atoms with Gasteiger partial charge in [-0.1, -0.05) is 42.7 Å². The van der Waals surface area contributed by atoms with Gasteiger partial charge >= 0.3 is 0 Å². The van der Waals surface area contributed by atoms with Crippen LogP contribution in [0.3, 0.4) is 0 Å². The van der Waals surface area contributed by atoms with E-state index in [4.69, 9.17) is 5.73 Å². The lowest BCUT2D eigenvalue weighted by Crippen LogP contribution is -2.37. The number of nitrogens with two attached hydrogens (primary N) is 1. The Hall–Kier alpha value is -0.860. The van der Waals surface area contributed by atoms with Gasteiger partial charge in [0.1, 0.15) is 0 Å². The first-order valence-electron chi connectivity index (χ1n) is 6.71. The van der Waals surface area contributed by atoms with E-state index in [-0.39, 0.29) is 0 Å². The fraction of sp³-hybridized carbons (Fsp3) is 0.600.